The average Bonchev–Trinajstić information content (AvgIpc) is 2.97. The third-order valence-corrected chi connectivity index (χ3v) is 6.27. The highest BCUT2D eigenvalue weighted by Gasteiger charge is 2.03. The predicted octanol–water partition coefficient (Wildman–Crippen LogP) is 7.74. The van der Waals surface area contributed by atoms with Gasteiger partial charge in [-0.3, -0.25) is 0 Å². The van der Waals surface area contributed by atoms with Crippen LogP contribution in [0.25, 0.3) is 0 Å². The van der Waals surface area contributed by atoms with Crippen molar-refractivity contribution in [3.05, 3.63) is 127 Å². The minimum absolute atomic E-state index is 0.503. The molecule has 0 aromatic heterocycles. The van der Waals surface area contributed by atoms with E-state index in [1.165, 1.54) is 0 Å². The van der Waals surface area contributed by atoms with E-state index >= 15 is 0 Å². The van der Waals surface area contributed by atoms with Crippen molar-refractivity contribution in [2.45, 2.75) is 12.2 Å². The summed E-state index contributed by atoms with van der Waals surface area (Å²) in [5, 5.41) is 20.2. The molecule has 200 valence electrons. The van der Waals surface area contributed by atoms with Crippen LogP contribution in [0.4, 0.5) is 0 Å². The molecule has 0 bridgehead atoms. The monoisotopic (exact) mass is 672 g/mol. The lowest BCUT2D eigenvalue weighted by molar-refractivity contribution is 0.238. The number of hydrogen-bond donors (Lipinski definition) is 2. The maximum absolute atomic E-state index is 9.92. The average molecular weight is 673 g/mol. The van der Waals surface area contributed by atoms with E-state index in [9.17, 15) is 5.11 Å². The van der Waals surface area contributed by atoms with E-state index in [4.69, 9.17) is 44.2 Å². The first-order valence-electron chi connectivity index (χ1n) is 11.5. The lowest BCUT2D eigenvalue weighted by Crippen LogP contribution is -1.92. The van der Waals surface area contributed by atoms with Gasteiger partial charge in [-0.25, -0.2) is 0 Å². The molecule has 39 heavy (non-hydrogen) atoms. The highest BCUT2D eigenvalue weighted by atomic mass is 127. The summed E-state index contributed by atoms with van der Waals surface area (Å²) in [5.41, 5.74) is 2.28. The molecule has 4 aromatic carbocycles. The fraction of sp³-hybridized carbons (Fsp3) is 0.125. The second kappa shape index (κ2) is 17.4. The molecule has 0 amide bonds. The molecule has 0 fully saturated rings. The highest BCUT2D eigenvalue weighted by molar-refractivity contribution is 14.1. The van der Waals surface area contributed by atoms with Gasteiger partial charge >= 0.3 is 0 Å². The zero-order chi connectivity index (χ0) is 28.6. The van der Waals surface area contributed by atoms with Crippen LogP contribution in [0.5, 0.6) is 11.5 Å². The van der Waals surface area contributed by atoms with Crippen molar-refractivity contribution in [1.82, 2.24) is 0 Å². The Balaban J connectivity index is 0.000000225. The molecule has 0 spiro atoms. The zero-order valence-electron chi connectivity index (χ0n) is 21.3. The number of halogens is 3. The molecular formula is C32H27Cl2IO4. The quantitative estimate of drug-likeness (QED) is 0.172. The van der Waals surface area contributed by atoms with Crippen LogP contribution >= 0.6 is 45.8 Å². The van der Waals surface area contributed by atoms with Gasteiger partial charge in [0.25, 0.3) is 0 Å². The molecule has 0 aliphatic rings. The fourth-order valence-corrected chi connectivity index (χ4v) is 4.18. The van der Waals surface area contributed by atoms with Crippen LogP contribution in [0.3, 0.4) is 0 Å². The first-order chi connectivity index (χ1) is 18.8. The highest BCUT2D eigenvalue weighted by Crippen LogP contribution is 2.26. The number of hydrogen-bond acceptors (Lipinski definition) is 4. The summed E-state index contributed by atoms with van der Waals surface area (Å²) in [4.78, 5) is 0. The number of aliphatic hydroxyl groups excluding tert-OH is 2. The molecule has 4 nitrogen and oxygen atoms in total. The van der Waals surface area contributed by atoms with Gasteiger partial charge in [0, 0.05) is 9.13 Å². The summed E-state index contributed by atoms with van der Waals surface area (Å²) in [7, 11) is 3.17. The molecule has 2 unspecified atom stereocenters. The second-order valence-corrected chi connectivity index (χ2v) is 9.75. The summed E-state index contributed by atoms with van der Waals surface area (Å²) in [5.74, 6) is 9.25. The van der Waals surface area contributed by atoms with Crippen LogP contribution in [0, 0.1) is 27.8 Å². The Bertz CT molecular complexity index is 1410. The van der Waals surface area contributed by atoms with E-state index in [2.05, 4.69) is 40.4 Å². The minimum Gasteiger partial charge on any atom is -0.495 e. The van der Waals surface area contributed by atoms with Crippen molar-refractivity contribution >= 4 is 45.8 Å². The van der Waals surface area contributed by atoms with Crippen LogP contribution in [-0.2, 0) is 0 Å². The Morgan fingerprint density at radius 2 is 1.21 bits per heavy atom. The van der Waals surface area contributed by atoms with Gasteiger partial charge in [-0.05, 0) is 70.1 Å². The van der Waals surface area contributed by atoms with Gasteiger partial charge in [-0.1, -0.05) is 102 Å². The van der Waals surface area contributed by atoms with Crippen LogP contribution < -0.4 is 9.47 Å². The van der Waals surface area contributed by atoms with Crippen molar-refractivity contribution in [1.29, 1.82) is 0 Å². The predicted molar refractivity (Wildman–Crippen MR) is 167 cm³/mol. The van der Waals surface area contributed by atoms with Gasteiger partial charge in [0.1, 0.15) is 23.7 Å². The molecule has 0 heterocycles. The van der Waals surface area contributed by atoms with E-state index in [0.29, 0.717) is 15.8 Å². The number of aliphatic hydroxyl groups is 2. The second-order valence-electron chi connectivity index (χ2n) is 7.69. The van der Waals surface area contributed by atoms with Crippen molar-refractivity contribution < 1.29 is 19.7 Å². The molecule has 0 saturated heterocycles. The molecule has 4 rings (SSSR count). The number of methoxy groups -OCH3 is 2. The van der Waals surface area contributed by atoms with Crippen LogP contribution in [0.2, 0.25) is 10.0 Å². The van der Waals surface area contributed by atoms with Gasteiger partial charge < -0.3 is 19.7 Å². The summed E-state index contributed by atoms with van der Waals surface area (Å²) in [6.07, 6.45) is 3.44. The third kappa shape index (κ3) is 11.2. The van der Waals surface area contributed by atoms with Crippen LogP contribution in [-0.4, -0.2) is 24.4 Å². The van der Waals surface area contributed by atoms with Crippen LogP contribution in [0.15, 0.2) is 97.1 Å². The molecule has 0 aliphatic heterocycles. The SMILES string of the molecule is C#CC(O)c1ccccc1.COc1ccc(C#CC(O)c2ccccc2)cc1Cl.COc1ccc(I)cc1Cl. The number of terminal acetylenes is 1. The lowest BCUT2D eigenvalue weighted by atomic mass is 10.1. The van der Waals surface area contributed by atoms with Gasteiger partial charge in [0.2, 0.25) is 0 Å². The number of benzene rings is 4. The normalized spacial score (nSPS) is 11.0. The van der Waals surface area contributed by atoms with Gasteiger partial charge in [0.15, 0.2) is 0 Å². The molecular weight excluding hydrogens is 646 g/mol. The van der Waals surface area contributed by atoms with E-state index in [1.807, 2.05) is 66.7 Å². The first kappa shape index (κ1) is 32.0. The maximum atomic E-state index is 9.92. The number of rotatable bonds is 4. The standard InChI is InChI=1S/C16H13ClO2.C9H8O.C7H6ClIO/c1-19-16-10-8-12(11-14(16)17)7-9-15(18)13-5-3-2-4-6-13;1-2-9(10)8-6-4-3-5-7-8;1-10-7-3-2-5(9)4-6(7)8/h2-6,8,10-11,15,18H,1H3;1,3-7,9-10H;2-4H,1H3. The first-order valence-corrected chi connectivity index (χ1v) is 13.4. The third-order valence-electron chi connectivity index (χ3n) is 5.01. The Morgan fingerprint density at radius 1 is 0.718 bits per heavy atom. The molecule has 7 heteroatoms. The molecule has 0 saturated carbocycles. The molecule has 2 N–H and O–H groups in total. The van der Waals surface area contributed by atoms with E-state index < -0.39 is 12.2 Å². The Kier molecular flexibility index (Phi) is 14.3. The fourth-order valence-electron chi connectivity index (χ4n) is 2.99. The molecule has 4 aromatic rings. The van der Waals surface area contributed by atoms with Gasteiger partial charge in [-0.2, -0.15) is 0 Å². The largest absolute Gasteiger partial charge is 0.495 e. The Labute approximate surface area is 253 Å². The maximum Gasteiger partial charge on any atom is 0.140 e. The van der Waals surface area contributed by atoms with Crippen molar-refractivity contribution in [3.63, 3.8) is 0 Å². The summed E-state index contributed by atoms with van der Waals surface area (Å²) >= 11 is 14.0. The van der Waals surface area contributed by atoms with Crippen molar-refractivity contribution in [2.24, 2.45) is 0 Å². The topological polar surface area (TPSA) is 58.9 Å². The molecule has 0 radical (unpaired) electrons. The van der Waals surface area contributed by atoms with Crippen molar-refractivity contribution in [2.75, 3.05) is 14.2 Å². The zero-order valence-corrected chi connectivity index (χ0v) is 25.0. The number of ether oxygens (including phenoxy) is 2. The Morgan fingerprint density at radius 3 is 1.67 bits per heavy atom. The lowest BCUT2D eigenvalue weighted by Gasteiger charge is -2.03. The molecule has 2 atom stereocenters. The summed E-state index contributed by atoms with van der Waals surface area (Å²) < 4.78 is 11.1. The van der Waals surface area contributed by atoms with E-state index in [1.54, 1.807) is 44.6 Å². The minimum atomic E-state index is -0.804. The van der Waals surface area contributed by atoms with Gasteiger partial charge in [-0.15, -0.1) is 6.42 Å². The van der Waals surface area contributed by atoms with E-state index in [-0.39, 0.29) is 0 Å². The summed E-state index contributed by atoms with van der Waals surface area (Å²) in [6.45, 7) is 0. The van der Waals surface area contributed by atoms with Crippen LogP contribution in [0.1, 0.15) is 28.9 Å². The Hall–Kier alpha value is -3.17. The summed E-state index contributed by atoms with van der Waals surface area (Å²) in [6, 6.07) is 29.4. The van der Waals surface area contributed by atoms with Crippen molar-refractivity contribution in [3.8, 4) is 35.7 Å². The molecule has 0 aliphatic carbocycles. The smallest absolute Gasteiger partial charge is 0.140 e. The van der Waals surface area contributed by atoms with E-state index in [0.717, 1.165) is 26.0 Å². The van der Waals surface area contributed by atoms with Gasteiger partial charge in [0.05, 0.1) is 24.3 Å².